The van der Waals surface area contributed by atoms with Crippen molar-refractivity contribution in [2.24, 2.45) is 0 Å². The van der Waals surface area contributed by atoms with Crippen LogP contribution >= 0.6 is 11.3 Å². The molecule has 0 radical (unpaired) electrons. The molecule has 0 aliphatic rings. The average Bonchev–Trinajstić information content (AvgIpc) is 3.32. The van der Waals surface area contributed by atoms with Gasteiger partial charge in [-0.25, -0.2) is 0 Å². The van der Waals surface area contributed by atoms with Crippen LogP contribution in [0, 0.1) is 13.8 Å². The molecule has 1 unspecified atom stereocenters. The van der Waals surface area contributed by atoms with E-state index in [2.05, 4.69) is 20.5 Å². The summed E-state index contributed by atoms with van der Waals surface area (Å²) in [5.74, 6) is -2.25. The number of hydrogen-bond acceptors (Lipinski definition) is 5. The molecule has 31 heavy (non-hydrogen) atoms. The van der Waals surface area contributed by atoms with Gasteiger partial charge in [0.25, 0.3) is 0 Å². The number of amides is 2. The van der Waals surface area contributed by atoms with E-state index in [0.717, 1.165) is 28.4 Å². The molecule has 2 N–H and O–H groups in total. The first-order valence-corrected chi connectivity index (χ1v) is 10.0. The zero-order valence-corrected chi connectivity index (χ0v) is 17.4. The highest BCUT2D eigenvalue weighted by Crippen LogP contribution is 2.25. The number of anilines is 1. The smallest absolute Gasteiger partial charge is 0.406 e. The summed E-state index contributed by atoms with van der Waals surface area (Å²) in [6.07, 6.45) is -4.81. The van der Waals surface area contributed by atoms with E-state index in [1.54, 1.807) is 4.68 Å². The van der Waals surface area contributed by atoms with Crippen molar-refractivity contribution in [1.82, 2.24) is 15.1 Å². The predicted molar refractivity (Wildman–Crippen MR) is 109 cm³/mol. The molecule has 2 aromatic heterocycles. The molecule has 3 aromatic rings. The summed E-state index contributed by atoms with van der Waals surface area (Å²) >= 11 is 1.51. The summed E-state index contributed by atoms with van der Waals surface area (Å²) in [4.78, 5) is 25.4. The van der Waals surface area contributed by atoms with E-state index in [-0.39, 0.29) is 18.3 Å². The number of nitrogens with zero attached hydrogens (tertiary/aromatic N) is 2. The van der Waals surface area contributed by atoms with E-state index in [1.807, 2.05) is 37.4 Å². The number of hydrogen-bond donors (Lipinski definition) is 2. The zero-order chi connectivity index (χ0) is 22.6. The zero-order valence-electron chi connectivity index (χ0n) is 16.6. The Kier molecular flexibility index (Phi) is 6.64. The summed E-state index contributed by atoms with van der Waals surface area (Å²) in [5.41, 5.74) is 1.90. The van der Waals surface area contributed by atoms with E-state index in [4.69, 9.17) is 0 Å². The third kappa shape index (κ3) is 6.07. The van der Waals surface area contributed by atoms with E-state index >= 15 is 0 Å². The Labute approximate surface area is 179 Å². The lowest BCUT2D eigenvalue weighted by Gasteiger charge is -2.18. The molecule has 3 rings (SSSR count). The largest absolute Gasteiger partial charge is 0.573 e. The summed E-state index contributed by atoms with van der Waals surface area (Å²) in [6, 6.07) is 9.92. The molecule has 7 nitrogen and oxygen atoms in total. The summed E-state index contributed by atoms with van der Waals surface area (Å²) in [5, 5.41) is 11.3. The Bertz CT molecular complexity index is 1050. The van der Waals surface area contributed by atoms with Crippen LogP contribution in [0.25, 0.3) is 0 Å². The molecule has 0 saturated heterocycles. The lowest BCUT2D eigenvalue weighted by molar-refractivity contribution is -0.274. The average molecular weight is 452 g/mol. The van der Waals surface area contributed by atoms with E-state index < -0.39 is 23.9 Å². The second-order valence-corrected chi connectivity index (χ2v) is 7.62. The molecule has 0 aliphatic carbocycles. The molecule has 2 amide bonds. The standard InChI is InChI=1S/C20H19F3N4O3S/c1-12-10-13(2)27(26-12)16(17-4-3-9-31-17)11-24-18(28)19(29)25-14-5-7-15(8-6-14)30-20(21,22)23/h3-10,16H,11H2,1-2H3,(H,24,28)(H,25,29). The van der Waals surface area contributed by atoms with Crippen molar-refractivity contribution >= 4 is 28.8 Å². The lowest BCUT2D eigenvalue weighted by atomic mass is 10.2. The first kappa shape index (κ1) is 22.3. The maximum Gasteiger partial charge on any atom is 0.573 e. The number of alkyl halides is 3. The SMILES string of the molecule is Cc1cc(C)n(C(CNC(=O)C(=O)Nc2ccc(OC(F)(F)F)cc2)c2cccs2)n1. The summed E-state index contributed by atoms with van der Waals surface area (Å²) in [6.45, 7) is 3.90. The Balaban J connectivity index is 1.62. The fraction of sp³-hybridized carbons (Fsp3) is 0.250. The van der Waals surface area contributed by atoms with Crippen LogP contribution in [0.5, 0.6) is 5.75 Å². The van der Waals surface area contributed by atoms with Crippen molar-refractivity contribution in [3.63, 3.8) is 0 Å². The van der Waals surface area contributed by atoms with Crippen LogP contribution in [-0.4, -0.2) is 34.5 Å². The van der Waals surface area contributed by atoms with Gasteiger partial charge in [-0.2, -0.15) is 5.10 Å². The number of halogens is 3. The maximum atomic E-state index is 12.3. The number of aryl methyl sites for hydroxylation is 2. The number of ether oxygens (including phenoxy) is 1. The molecule has 0 spiro atoms. The molecular weight excluding hydrogens is 433 g/mol. The molecule has 0 fully saturated rings. The van der Waals surface area contributed by atoms with Crippen molar-refractivity contribution < 1.29 is 27.5 Å². The molecule has 0 bridgehead atoms. The van der Waals surface area contributed by atoms with E-state index in [0.29, 0.717) is 0 Å². The second kappa shape index (κ2) is 9.21. The summed E-state index contributed by atoms with van der Waals surface area (Å²) in [7, 11) is 0. The second-order valence-electron chi connectivity index (χ2n) is 6.64. The van der Waals surface area contributed by atoms with Crippen molar-refractivity contribution in [3.05, 3.63) is 64.1 Å². The fourth-order valence-corrected chi connectivity index (χ4v) is 3.76. The lowest BCUT2D eigenvalue weighted by Crippen LogP contribution is -2.39. The minimum Gasteiger partial charge on any atom is -0.406 e. The number of carbonyl (C=O) groups excluding carboxylic acids is 2. The van der Waals surface area contributed by atoms with E-state index in [1.165, 1.54) is 23.5 Å². The topological polar surface area (TPSA) is 85.2 Å². The first-order valence-electron chi connectivity index (χ1n) is 9.13. The monoisotopic (exact) mass is 452 g/mol. The molecule has 1 atom stereocenters. The quantitative estimate of drug-likeness (QED) is 0.557. The highest BCUT2D eigenvalue weighted by Gasteiger charge is 2.31. The third-order valence-electron chi connectivity index (χ3n) is 4.22. The van der Waals surface area contributed by atoms with Crippen LogP contribution in [0.3, 0.4) is 0 Å². The van der Waals surface area contributed by atoms with Crippen LogP contribution in [0.4, 0.5) is 18.9 Å². The van der Waals surface area contributed by atoms with Crippen molar-refractivity contribution in [3.8, 4) is 5.75 Å². The van der Waals surface area contributed by atoms with Crippen LogP contribution in [0.2, 0.25) is 0 Å². The van der Waals surface area contributed by atoms with Gasteiger partial charge in [0.05, 0.1) is 5.69 Å². The van der Waals surface area contributed by atoms with E-state index in [9.17, 15) is 22.8 Å². The van der Waals surface area contributed by atoms with Gasteiger partial charge < -0.3 is 15.4 Å². The number of aromatic nitrogens is 2. The number of benzene rings is 1. The van der Waals surface area contributed by atoms with Gasteiger partial charge in [0.15, 0.2) is 0 Å². The van der Waals surface area contributed by atoms with Gasteiger partial charge in [-0.1, -0.05) is 6.07 Å². The van der Waals surface area contributed by atoms with Crippen LogP contribution in [0.1, 0.15) is 22.3 Å². The maximum absolute atomic E-state index is 12.3. The van der Waals surface area contributed by atoms with Gasteiger partial charge >= 0.3 is 18.2 Å². The molecule has 0 aliphatic heterocycles. The first-order chi connectivity index (χ1) is 14.6. The van der Waals surface area contributed by atoms with Gasteiger partial charge in [-0.05, 0) is 55.6 Å². The Hall–Kier alpha value is -3.34. The van der Waals surface area contributed by atoms with Gasteiger partial charge in [-0.3, -0.25) is 14.3 Å². The molecule has 1 aromatic carbocycles. The molecule has 0 saturated carbocycles. The predicted octanol–water partition coefficient (Wildman–Crippen LogP) is 3.80. The highest BCUT2D eigenvalue weighted by atomic mass is 32.1. The Morgan fingerprint density at radius 2 is 1.87 bits per heavy atom. The molecule has 164 valence electrons. The van der Waals surface area contributed by atoms with Gasteiger partial charge in [0.1, 0.15) is 11.8 Å². The Morgan fingerprint density at radius 3 is 2.42 bits per heavy atom. The highest BCUT2D eigenvalue weighted by molar-refractivity contribution is 7.10. The molecule has 2 heterocycles. The van der Waals surface area contributed by atoms with Crippen LogP contribution < -0.4 is 15.4 Å². The van der Waals surface area contributed by atoms with Crippen molar-refractivity contribution in [1.29, 1.82) is 0 Å². The van der Waals surface area contributed by atoms with Gasteiger partial charge in [0.2, 0.25) is 0 Å². The van der Waals surface area contributed by atoms with Crippen LogP contribution in [0.15, 0.2) is 47.8 Å². The third-order valence-corrected chi connectivity index (χ3v) is 5.19. The minimum atomic E-state index is -4.81. The van der Waals surface area contributed by atoms with Crippen molar-refractivity contribution in [2.45, 2.75) is 26.3 Å². The number of rotatable bonds is 6. The normalized spacial score (nSPS) is 12.3. The number of carbonyl (C=O) groups is 2. The number of thiophene rings is 1. The van der Waals surface area contributed by atoms with Crippen molar-refractivity contribution in [2.75, 3.05) is 11.9 Å². The fourth-order valence-electron chi connectivity index (χ4n) is 2.95. The summed E-state index contributed by atoms with van der Waals surface area (Å²) < 4.78 is 42.2. The van der Waals surface area contributed by atoms with Crippen LogP contribution in [-0.2, 0) is 9.59 Å². The molecular formula is C20H19F3N4O3S. The Morgan fingerprint density at radius 1 is 1.16 bits per heavy atom. The van der Waals surface area contributed by atoms with Gasteiger partial charge in [0, 0.05) is 22.8 Å². The number of nitrogens with one attached hydrogen (secondary N) is 2. The van der Waals surface area contributed by atoms with Gasteiger partial charge in [-0.15, -0.1) is 24.5 Å². The molecule has 11 heteroatoms. The minimum absolute atomic E-state index is 0.132.